The SMILES string of the molecule is Cc1ccc(N2C(=O)NC(=O)/C(=C\c3cc(Br)ccc3OCc3ccccc3Br)C2=O)cc1. The van der Waals surface area contributed by atoms with Gasteiger partial charge in [-0.05, 0) is 49.4 Å². The second-order valence-electron chi connectivity index (χ2n) is 7.36. The molecular formula is C25H18Br2N2O4. The molecule has 0 atom stereocenters. The maximum absolute atomic E-state index is 13.2. The summed E-state index contributed by atoms with van der Waals surface area (Å²) in [6.07, 6.45) is 1.44. The van der Waals surface area contributed by atoms with E-state index >= 15 is 0 Å². The molecule has 1 aliphatic heterocycles. The lowest BCUT2D eigenvalue weighted by molar-refractivity contribution is -0.122. The number of halogens is 2. The number of barbiturate groups is 1. The molecule has 1 N–H and O–H groups in total. The van der Waals surface area contributed by atoms with E-state index in [0.717, 1.165) is 25.0 Å². The van der Waals surface area contributed by atoms with E-state index in [2.05, 4.69) is 37.2 Å². The molecule has 0 saturated carbocycles. The molecule has 1 heterocycles. The van der Waals surface area contributed by atoms with E-state index in [4.69, 9.17) is 4.74 Å². The van der Waals surface area contributed by atoms with E-state index in [0.29, 0.717) is 17.0 Å². The van der Waals surface area contributed by atoms with Gasteiger partial charge in [-0.25, -0.2) is 9.69 Å². The molecule has 1 aliphatic rings. The Hall–Kier alpha value is -3.23. The number of amides is 4. The van der Waals surface area contributed by atoms with Crippen molar-refractivity contribution < 1.29 is 19.1 Å². The van der Waals surface area contributed by atoms with Crippen molar-refractivity contribution in [1.82, 2.24) is 5.32 Å². The first-order valence-electron chi connectivity index (χ1n) is 9.97. The third-order valence-electron chi connectivity index (χ3n) is 5.01. The number of nitrogens with zero attached hydrogens (tertiary/aromatic N) is 1. The fraction of sp³-hybridized carbons (Fsp3) is 0.0800. The van der Waals surface area contributed by atoms with E-state index in [9.17, 15) is 14.4 Å². The number of rotatable bonds is 5. The summed E-state index contributed by atoms with van der Waals surface area (Å²) in [7, 11) is 0. The molecular weight excluding hydrogens is 552 g/mol. The molecule has 4 rings (SSSR count). The Kier molecular flexibility index (Phi) is 6.76. The normalized spacial score (nSPS) is 15.1. The minimum Gasteiger partial charge on any atom is -0.488 e. The smallest absolute Gasteiger partial charge is 0.335 e. The molecule has 1 fully saturated rings. The minimum atomic E-state index is -0.786. The van der Waals surface area contributed by atoms with Crippen molar-refractivity contribution in [2.75, 3.05) is 4.90 Å². The fourth-order valence-corrected chi connectivity index (χ4v) is 4.05. The van der Waals surface area contributed by atoms with Gasteiger partial charge in [-0.3, -0.25) is 14.9 Å². The zero-order valence-electron chi connectivity index (χ0n) is 17.5. The summed E-state index contributed by atoms with van der Waals surface area (Å²) >= 11 is 6.92. The van der Waals surface area contributed by atoms with Crippen LogP contribution in [0, 0.1) is 6.92 Å². The Balaban J connectivity index is 1.68. The summed E-state index contributed by atoms with van der Waals surface area (Å²) in [5.74, 6) is -0.977. The largest absolute Gasteiger partial charge is 0.488 e. The lowest BCUT2D eigenvalue weighted by Gasteiger charge is -2.26. The minimum absolute atomic E-state index is 0.168. The maximum atomic E-state index is 13.2. The molecule has 4 amide bonds. The summed E-state index contributed by atoms with van der Waals surface area (Å²) in [4.78, 5) is 39.1. The number of nitrogens with one attached hydrogen (secondary N) is 1. The van der Waals surface area contributed by atoms with Crippen molar-refractivity contribution in [3.05, 3.63) is 97.9 Å². The fourth-order valence-electron chi connectivity index (χ4n) is 3.28. The standard InChI is InChI=1S/C25H18Br2N2O4/c1-15-6-9-19(10-7-15)29-24(31)20(23(30)28-25(29)32)13-17-12-18(26)8-11-22(17)33-14-16-4-2-3-5-21(16)27/h2-13H,14H2,1H3,(H,28,30,32)/b20-13+. The van der Waals surface area contributed by atoms with Crippen LogP contribution in [0.2, 0.25) is 0 Å². The average molecular weight is 570 g/mol. The third kappa shape index (κ3) is 5.07. The number of urea groups is 1. The van der Waals surface area contributed by atoms with E-state index < -0.39 is 17.8 Å². The first kappa shape index (κ1) is 22.9. The van der Waals surface area contributed by atoms with Crippen LogP contribution in [-0.2, 0) is 16.2 Å². The molecule has 0 spiro atoms. The van der Waals surface area contributed by atoms with Gasteiger partial charge in [-0.15, -0.1) is 0 Å². The second-order valence-corrected chi connectivity index (χ2v) is 9.13. The van der Waals surface area contributed by atoms with Gasteiger partial charge in [0, 0.05) is 20.1 Å². The number of carbonyl (C=O) groups is 3. The van der Waals surface area contributed by atoms with Gasteiger partial charge in [0.1, 0.15) is 17.9 Å². The van der Waals surface area contributed by atoms with Crippen LogP contribution in [0.3, 0.4) is 0 Å². The number of carbonyl (C=O) groups excluding carboxylic acids is 3. The zero-order valence-corrected chi connectivity index (χ0v) is 20.6. The van der Waals surface area contributed by atoms with E-state index in [-0.39, 0.29) is 12.2 Å². The molecule has 8 heteroatoms. The predicted molar refractivity (Wildman–Crippen MR) is 133 cm³/mol. The molecule has 1 saturated heterocycles. The van der Waals surface area contributed by atoms with Crippen LogP contribution in [0.15, 0.2) is 81.2 Å². The van der Waals surface area contributed by atoms with Gasteiger partial charge in [0.15, 0.2) is 0 Å². The number of hydrogen-bond acceptors (Lipinski definition) is 4. The van der Waals surface area contributed by atoms with Crippen molar-refractivity contribution in [2.45, 2.75) is 13.5 Å². The number of hydrogen-bond donors (Lipinski definition) is 1. The third-order valence-corrected chi connectivity index (χ3v) is 6.27. The van der Waals surface area contributed by atoms with Gasteiger partial charge in [-0.2, -0.15) is 0 Å². The molecule has 0 bridgehead atoms. The van der Waals surface area contributed by atoms with Crippen LogP contribution in [0.4, 0.5) is 10.5 Å². The van der Waals surface area contributed by atoms with Gasteiger partial charge < -0.3 is 4.74 Å². The lowest BCUT2D eigenvalue weighted by Crippen LogP contribution is -2.54. The van der Waals surface area contributed by atoms with Crippen molar-refractivity contribution >= 4 is 61.5 Å². The van der Waals surface area contributed by atoms with Crippen molar-refractivity contribution in [3.8, 4) is 5.75 Å². The molecule has 3 aromatic rings. The molecule has 0 radical (unpaired) electrons. The van der Waals surface area contributed by atoms with E-state index in [1.54, 1.807) is 36.4 Å². The molecule has 0 unspecified atom stereocenters. The molecule has 0 aliphatic carbocycles. The average Bonchev–Trinajstić information content (AvgIpc) is 2.78. The highest BCUT2D eigenvalue weighted by Crippen LogP contribution is 2.29. The molecule has 33 heavy (non-hydrogen) atoms. The number of imide groups is 2. The van der Waals surface area contributed by atoms with Crippen LogP contribution < -0.4 is 15.0 Å². The highest BCUT2D eigenvalue weighted by molar-refractivity contribution is 9.10. The van der Waals surface area contributed by atoms with Gasteiger partial charge >= 0.3 is 6.03 Å². The van der Waals surface area contributed by atoms with Gasteiger partial charge in [0.2, 0.25) is 0 Å². The molecule has 6 nitrogen and oxygen atoms in total. The second kappa shape index (κ2) is 9.72. The Morgan fingerprint density at radius 1 is 0.970 bits per heavy atom. The molecule has 0 aromatic heterocycles. The maximum Gasteiger partial charge on any atom is 0.335 e. The van der Waals surface area contributed by atoms with Crippen LogP contribution in [-0.4, -0.2) is 17.8 Å². The predicted octanol–water partition coefficient (Wildman–Crippen LogP) is 5.77. The Morgan fingerprint density at radius 3 is 2.42 bits per heavy atom. The van der Waals surface area contributed by atoms with E-state index in [1.165, 1.54) is 6.08 Å². The Bertz CT molecular complexity index is 1290. The molecule has 166 valence electrons. The number of anilines is 1. The van der Waals surface area contributed by atoms with Gasteiger partial charge in [0.25, 0.3) is 11.8 Å². The quantitative estimate of drug-likeness (QED) is 0.313. The van der Waals surface area contributed by atoms with Crippen LogP contribution in [0.25, 0.3) is 6.08 Å². The van der Waals surface area contributed by atoms with Crippen LogP contribution in [0.1, 0.15) is 16.7 Å². The Morgan fingerprint density at radius 2 is 1.70 bits per heavy atom. The molecule has 3 aromatic carbocycles. The summed E-state index contributed by atoms with van der Waals surface area (Å²) in [5, 5.41) is 2.24. The summed E-state index contributed by atoms with van der Waals surface area (Å²) in [6.45, 7) is 2.19. The number of ether oxygens (including phenoxy) is 1. The van der Waals surface area contributed by atoms with Gasteiger partial charge in [0.05, 0.1) is 5.69 Å². The summed E-state index contributed by atoms with van der Waals surface area (Å²) < 4.78 is 7.66. The number of benzene rings is 3. The number of aryl methyl sites for hydroxylation is 1. The topological polar surface area (TPSA) is 75.7 Å². The monoisotopic (exact) mass is 568 g/mol. The van der Waals surface area contributed by atoms with Crippen molar-refractivity contribution in [2.24, 2.45) is 0 Å². The lowest BCUT2D eigenvalue weighted by atomic mass is 10.1. The first-order valence-corrected chi connectivity index (χ1v) is 11.6. The van der Waals surface area contributed by atoms with Crippen LogP contribution >= 0.6 is 31.9 Å². The van der Waals surface area contributed by atoms with Crippen LogP contribution in [0.5, 0.6) is 5.75 Å². The highest BCUT2D eigenvalue weighted by Gasteiger charge is 2.37. The van der Waals surface area contributed by atoms with Crippen molar-refractivity contribution in [3.63, 3.8) is 0 Å². The summed E-state index contributed by atoms with van der Waals surface area (Å²) in [6, 6.07) is 19.1. The van der Waals surface area contributed by atoms with E-state index in [1.807, 2.05) is 37.3 Å². The summed E-state index contributed by atoms with van der Waals surface area (Å²) in [5.41, 5.74) is 2.66. The van der Waals surface area contributed by atoms with Crippen molar-refractivity contribution in [1.29, 1.82) is 0 Å². The zero-order chi connectivity index (χ0) is 23.5. The first-order chi connectivity index (χ1) is 15.8. The highest BCUT2D eigenvalue weighted by atomic mass is 79.9. The Labute approximate surface area is 207 Å². The van der Waals surface area contributed by atoms with Gasteiger partial charge in [-0.1, -0.05) is 67.8 Å².